The molecular formula is C21H22N4O5S. The van der Waals surface area contributed by atoms with Crippen LogP contribution in [0.2, 0.25) is 0 Å². The zero-order valence-corrected chi connectivity index (χ0v) is 18.0. The van der Waals surface area contributed by atoms with Crippen molar-refractivity contribution in [3.05, 3.63) is 65.2 Å². The summed E-state index contributed by atoms with van der Waals surface area (Å²) in [4.78, 5) is 47.5. The van der Waals surface area contributed by atoms with Crippen LogP contribution in [0.3, 0.4) is 0 Å². The number of carbonyl (C=O) groups is 4. The summed E-state index contributed by atoms with van der Waals surface area (Å²) in [6.07, 6.45) is 0. The second kappa shape index (κ2) is 10.8. The van der Waals surface area contributed by atoms with Crippen molar-refractivity contribution < 1.29 is 23.9 Å². The van der Waals surface area contributed by atoms with Crippen LogP contribution in [0.25, 0.3) is 0 Å². The van der Waals surface area contributed by atoms with Gasteiger partial charge in [0.25, 0.3) is 11.8 Å². The van der Waals surface area contributed by atoms with Gasteiger partial charge >= 0.3 is 5.97 Å². The van der Waals surface area contributed by atoms with E-state index >= 15 is 0 Å². The van der Waals surface area contributed by atoms with Gasteiger partial charge in [-0.1, -0.05) is 13.8 Å². The number of hydrazine groups is 1. The normalized spacial score (nSPS) is 10.1. The molecule has 4 N–H and O–H groups in total. The Hall–Kier alpha value is -3.79. The molecule has 10 heteroatoms. The summed E-state index contributed by atoms with van der Waals surface area (Å²) >= 11 is 5.00. The number of benzene rings is 2. The Morgan fingerprint density at radius 1 is 0.806 bits per heavy atom. The van der Waals surface area contributed by atoms with Crippen LogP contribution in [0.15, 0.2) is 48.5 Å². The lowest BCUT2D eigenvalue weighted by Gasteiger charge is -2.12. The third-order valence-corrected chi connectivity index (χ3v) is 4.23. The van der Waals surface area contributed by atoms with E-state index in [1.807, 2.05) is 0 Å². The van der Waals surface area contributed by atoms with Crippen molar-refractivity contribution in [3.8, 4) is 0 Å². The predicted molar refractivity (Wildman–Crippen MR) is 118 cm³/mol. The van der Waals surface area contributed by atoms with Crippen molar-refractivity contribution in [2.75, 3.05) is 12.4 Å². The number of rotatable bonds is 5. The number of amides is 3. The minimum atomic E-state index is -0.520. The second-order valence-corrected chi connectivity index (χ2v) is 7.06. The molecule has 162 valence electrons. The average Bonchev–Trinajstić information content (AvgIpc) is 2.77. The van der Waals surface area contributed by atoms with Gasteiger partial charge in [0.1, 0.15) is 0 Å². The maximum absolute atomic E-state index is 12.2. The molecule has 0 aromatic heterocycles. The van der Waals surface area contributed by atoms with Crippen LogP contribution in [0.4, 0.5) is 5.69 Å². The lowest BCUT2D eigenvalue weighted by atomic mass is 10.1. The van der Waals surface area contributed by atoms with Crippen molar-refractivity contribution in [2.24, 2.45) is 5.92 Å². The van der Waals surface area contributed by atoms with E-state index in [0.29, 0.717) is 16.8 Å². The van der Waals surface area contributed by atoms with E-state index in [4.69, 9.17) is 12.2 Å². The first-order valence-electron chi connectivity index (χ1n) is 9.22. The summed E-state index contributed by atoms with van der Waals surface area (Å²) < 4.78 is 4.60. The molecule has 0 aliphatic carbocycles. The highest BCUT2D eigenvalue weighted by Crippen LogP contribution is 2.11. The quantitative estimate of drug-likeness (QED) is 0.317. The van der Waals surface area contributed by atoms with Crippen LogP contribution in [0, 0.1) is 5.92 Å². The summed E-state index contributed by atoms with van der Waals surface area (Å²) in [5.41, 5.74) is 6.28. The van der Waals surface area contributed by atoms with Gasteiger partial charge in [0.2, 0.25) is 5.91 Å². The fraction of sp³-hybridized carbons (Fsp3) is 0.190. The molecule has 0 aliphatic rings. The van der Waals surface area contributed by atoms with Crippen LogP contribution in [0.5, 0.6) is 0 Å². The predicted octanol–water partition coefficient (Wildman–Crippen LogP) is 2.02. The second-order valence-electron chi connectivity index (χ2n) is 6.65. The topological polar surface area (TPSA) is 126 Å². The Labute approximate surface area is 184 Å². The third kappa shape index (κ3) is 6.89. The molecular weight excluding hydrogens is 420 g/mol. The SMILES string of the molecule is COC(=O)c1ccc(C(=O)NC(=S)NNC(=O)c2ccc(NC(=O)C(C)C)cc2)cc1. The number of thiocarbonyl (C=S) groups is 1. The van der Waals surface area contributed by atoms with E-state index in [1.165, 1.54) is 43.5 Å². The molecule has 2 aromatic carbocycles. The molecule has 0 saturated carbocycles. The van der Waals surface area contributed by atoms with E-state index in [-0.39, 0.29) is 22.5 Å². The molecule has 0 unspecified atom stereocenters. The fourth-order valence-corrected chi connectivity index (χ4v) is 2.40. The number of carbonyl (C=O) groups excluding carboxylic acids is 4. The molecule has 3 amide bonds. The van der Waals surface area contributed by atoms with E-state index < -0.39 is 17.8 Å². The van der Waals surface area contributed by atoms with Gasteiger partial charge in [-0.25, -0.2) is 4.79 Å². The highest BCUT2D eigenvalue weighted by atomic mass is 32.1. The van der Waals surface area contributed by atoms with Gasteiger partial charge < -0.3 is 10.1 Å². The Balaban J connectivity index is 1.85. The zero-order chi connectivity index (χ0) is 23.0. The molecule has 0 atom stereocenters. The van der Waals surface area contributed by atoms with Crippen molar-refractivity contribution in [1.29, 1.82) is 0 Å². The van der Waals surface area contributed by atoms with E-state index in [0.717, 1.165) is 0 Å². The van der Waals surface area contributed by atoms with Gasteiger partial charge in [-0.3, -0.25) is 30.6 Å². The number of nitrogens with one attached hydrogen (secondary N) is 4. The van der Waals surface area contributed by atoms with Crippen LogP contribution in [0.1, 0.15) is 44.9 Å². The molecule has 0 radical (unpaired) electrons. The van der Waals surface area contributed by atoms with Crippen molar-refractivity contribution in [3.63, 3.8) is 0 Å². The third-order valence-electron chi connectivity index (χ3n) is 4.02. The van der Waals surface area contributed by atoms with E-state index in [1.54, 1.807) is 26.0 Å². The summed E-state index contributed by atoms with van der Waals surface area (Å²) in [5, 5.41) is 5.02. The first kappa shape index (κ1) is 23.5. The first-order valence-corrected chi connectivity index (χ1v) is 9.63. The minimum Gasteiger partial charge on any atom is -0.465 e. The Morgan fingerprint density at radius 2 is 1.32 bits per heavy atom. The van der Waals surface area contributed by atoms with Crippen molar-refractivity contribution >= 4 is 46.7 Å². The number of hydrogen-bond acceptors (Lipinski definition) is 6. The number of anilines is 1. The van der Waals surface area contributed by atoms with Gasteiger partial charge in [0.05, 0.1) is 12.7 Å². The zero-order valence-electron chi connectivity index (χ0n) is 17.1. The highest BCUT2D eigenvalue weighted by Gasteiger charge is 2.12. The van der Waals surface area contributed by atoms with Crippen molar-refractivity contribution in [1.82, 2.24) is 16.2 Å². The maximum Gasteiger partial charge on any atom is 0.337 e. The minimum absolute atomic E-state index is 0.115. The van der Waals surface area contributed by atoms with Crippen LogP contribution < -0.4 is 21.5 Å². The molecule has 0 aliphatic heterocycles. The van der Waals surface area contributed by atoms with Gasteiger partial charge in [0.15, 0.2) is 5.11 Å². The van der Waals surface area contributed by atoms with E-state index in [9.17, 15) is 19.2 Å². The highest BCUT2D eigenvalue weighted by molar-refractivity contribution is 7.80. The summed E-state index contributed by atoms with van der Waals surface area (Å²) in [6, 6.07) is 12.1. The van der Waals surface area contributed by atoms with E-state index in [2.05, 4.69) is 26.2 Å². The first-order chi connectivity index (χ1) is 14.7. The molecule has 9 nitrogen and oxygen atoms in total. The molecule has 2 aromatic rings. The summed E-state index contributed by atoms with van der Waals surface area (Å²) in [7, 11) is 1.26. The molecule has 0 heterocycles. The molecule has 0 saturated heterocycles. The smallest absolute Gasteiger partial charge is 0.337 e. The van der Waals surface area contributed by atoms with Crippen LogP contribution >= 0.6 is 12.2 Å². The lowest BCUT2D eigenvalue weighted by molar-refractivity contribution is -0.118. The molecule has 0 bridgehead atoms. The number of ether oxygens (including phenoxy) is 1. The summed E-state index contributed by atoms with van der Waals surface area (Å²) in [5.74, 6) is -1.80. The van der Waals surface area contributed by atoms with Crippen LogP contribution in [-0.2, 0) is 9.53 Å². The Kier molecular flexibility index (Phi) is 8.21. The number of hydrogen-bond donors (Lipinski definition) is 4. The Bertz CT molecular complexity index is 988. The van der Waals surface area contributed by atoms with Gasteiger partial charge in [-0.05, 0) is 60.7 Å². The maximum atomic E-state index is 12.2. The molecule has 0 spiro atoms. The Morgan fingerprint density at radius 3 is 1.87 bits per heavy atom. The molecule has 2 rings (SSSR count). The average molecular weight is 442 g/mol. The fourth-order valence-electron chi connectivity index (χ4n) is 2.26. The van der Waals surface area contributed by atoms with Crippen LogP contribution in [-0.4, -0.2) is 35.9 Å². The monoisotopic (exact) mass is 442 g/mol. The van der Waals surface area contributed by atoms with Gasteiger partial charge in [-0.15, -0.1) is 0 Å². The van der Waals surface area contributed by atoms with Crippen molar-refractivity contribution in [2.45, 2.75) is 13.8 Å². The standard InChI is InChI=1S/C21H22N4O5S/c1-12(2)17(26)22-16-10-8-14(9-11-16)19(28)24-25-21(31)23-18(27)13-4-6-15(7-5-13)20(29)30-3/h4-12H,1-3H3,(H,22,26)(H,24,28)(H2,23,25,27,31). The lowest BCUT2D eigenvalue weighted by Crippen LogP contribution is -2.48. The van der Waals surface area contributed by atoms with Gasteiger partial charge in [0, 0.05) is 22.7 Å². The number of methoxy groups -OCH3 is 1. The molecule has 0 fully saturated rings. The number of esters is 1. The van der Waals surface area contributed by atoms with Gasteiger partial charge in [-0.2, -0.15) is 0 Å². The largest absolute Gasteiger partial charge is 0.465 e. The molecule has 31 heavy (non-hydrogen) atoms. The summed E-state index contributed by atoms with van der Waals surface area (Å²) in [6.45, 7) is 3.56.